The van der Waals surface area contributed by atoms with E-state index < -0.39 is 10.0 Å². The maximum atomic E-state index is 13.3. The average molecular weight is 382 g/mol. The molecule has 1 heterocycles. The van der Waals surface area contributed by atoms with Crippen molar-refractivity contribution in [3.63, 3.8) is 0 Å². The first kappa shape index (κ1) is 20.9. The number of rotatable bonds is 4. The fraction of sp³-hybridized carbons (Fsp3) is 0.632. The molecule has 1 fully saturated rings. The minimum absolute atomic E-state index is 0.0438. The molecule has 1 aromatic rings. The lowest BCUT2D eigenvalue weighted by Gasteiger charge is -2.37. The van der Waals surface area contributed by atoms with Gasteiger partial charge in [-0.1, -0.05) is 6.07 Å². The van der Waals surface area contributed by atoms with Crippen LogP contribution < -0.4 is 0 Å². The molecule has 0 radical (unpaired) electrons. The molecule has 146 valence electrons. The van der Waals surface area contributed by atoms with Gasteiger partial charge >= 0.3 is 0 Å². The number of nitrogens with zero attached hydrogens (tertiary/aromatic N) is 3. The first-order valence-corrected chi connectivity index (χ1v) is 10.4. The van der Waals surface area contributed by atoms with Crippen LogP contribution in [0.15, 0.2) is 11.0 Å². The largest absolute Gasteiger partial charge is 0.347 e. The molecule has 6 nitrogen and oxygen atoms in total. The molecule has 26 heavy (non-hydrogen) atoms. The second-order valence-corrected chi connectivity index (χ2v) is 9.31. The van der Waals surface area contributed by atoms with Crippen LogP contribution in [-0.4, -0.2) is 74.7 Å². The van der Waals surface area contributed by atoms with E-state index in [4.69, 9.17) is 0 Å². The van der Waals surface area contributed by atoms with Gasteiger partial charge in [0, 0.05) is 40.3 Å². The third kappa shape index (κ3) is 3.80. The van der Waals surface area contributed by atoms with Gasteiger partial charge in [0.25, 0.3) is 0 Å². The zero-order valence-corrected chi connectivity index (χ0v) is 17.8. The van der Waals surface area contributed by atoms with E-state index in [1.165, 1.54) is 0 Å². The van der Waals surface area contributed by atoms with E-state index in [2.05, 4.69) is 4.90 Å². The summed E-state index contributed by atoms with van der Waals surface area (Å²) < 4.78 is 28.1. The SMILES string of the molecule is Cc1cc(C)c(C)c(S(=O)(=O)N2CCN([C@@H](C)C(=O)N(C)C)CC2)c1C. The molecule has 1 aliphatic heterocycles. The van der Waals surface area contributed by atoms with E-state index in [9.17, 15) is 13.2 Å². The van der Waals surface area contributed by atoms with Crippen molar-refractivity contribution in [2.75, 3.05) is 40.3 Å². The van der Waals surface area contributed by atoms with Crippen LogP contribution >= 0.6 is 0 Å². The lowest BCUT2D eigenvalue weighted by molar-refractivity contribution is -0.134. The zero-order chi connectivity index (χ0) is 19.8. The standard InChI is InChI=1S/C19H31N3O3S/c1-13-12-14(2)16(4)18(15(13)3)26(24,25)22-10-8-21(9-11-22)17(5)19(23)20(6)7/h12,17H,8-11H2,1-7H3/t17-/m0/s1. The molecule has 0 spiro atoms. The summed E-state index contributed by atoms with van der Waals surface area (Å²) in [6.45, 7) is 11.5. The minimum Gasteiger partial charge on any atom is -0.347 e. The van der Waals surface area contributed by atoms with Gasteiger partial charge < -0.3 is 4.90 Å². The highest BCUT2D eigenvalue weighted by atomic mass is 32.2. The van der Waals surface area contributed by atoms with E-state index in [0.717, 1.165) is 22.3 Å². The molecule has 1 aromatic carbocycles. The number of benzene rings is 1. The summed E-state index contributed by atoms with van der Waals surface area (Å²) in [7, 11) is -0.0603. The van der Waals surface area contributed by atoms with Crippen molar-refractivity contribution in [1.29, 1.82) is 0 Å². The highest BCUT2D eigenvalue weighted by Gasteiger charge is 2.34. The van der Waals surface area contributed by atoms with Gasteiger partial charge in [-0.3, -0.25) is 9.69 Å². The number of amides is 1. The predicted molar refractivity (Wildman–Crippen MR) is 104 cm³/mol. The zero-order valence-electron chi connectivity index (χ0n) is 17.0. The fourth-order valence-corrected chi connectivity index (χ4v) is 5.56. The summed E-state index contributed by atoms with van der Waals surface area (Å²) >= 11 is 0. The Morgan fingerprint density at radius 2 is 1.46 bits per heavy atom. The Bertz CT molecular complexity index is 768. The Morgan fingerprint density at radius 1 is 1.00 bits per heavy atom. The Kier molecular flexibility index (Phi) is 6.15. The fourth-order valence-electron chi connectivity index (χ4n) is 3.56. The van der Waals surface area contributed by atoms with Crippen molar-refractivity contribution < 1.29 is 13.2 Å². The van der Waals surface area contributed by atoms with Gasteiger partial charge in [-0.05, 0) is 56.9 Å². The maximum Gasteiger partial charge on any atom is 0.243 e. The minimum atomic E-state index is -3.54. The van der Waals surface area contributed by atoms with Gasteiger partial charge in [-0.2, -0.15) is 4.31 Å². The Morgan fingerprint density at radius 3 is 1.88 bits per heavy atom. The number of likely N-dealkylation sites (N-methyl/N-ethyl adjacent to an activating group) is 1. The van der Waals surface area contributed by atoms with Gasteiger partial charge in [-0.25, -0.2) is 8.42 Å². The number of hydrogen-bond acceptors (Lipinski definition) is 4. The van der Waals surface area contributed by atoms with Gasteiger partial charge in [0.15, 0.2) is 0 Å². The number of sulfonamides is 1. The monoisotopic (exact) mass is 381 g/mol. The van der Waals surface area contributed by atoms with E-state index in [1.807, 2.05) is 40.7 Å². The van der Waals surface area contributed by atoms with Crippen LogP contribution in [0.3, 0.4) is 0 Å². The number of aryl methyl sites for hydroxylation is 2. The van der Waals surface area contributed by atoms with E-state index in [0.29, 0.717) is 31.1 Å². The van der Waals surface area contributed by atoms with Crippen molar-refractivity contribution in [1.82, 2.24) is 14.1 Å². The second kappa shape index (κ2) is 7.66. The molecule has 1 saturated heterocycles. The summed E-state index contributed by atoms with van der Waals surface area (Å²) in [5.41, 5.74) is 3.64. The third-order valence-corrected chi connectivity index (χ3v) is 7.69. The second-order valence-electron chi connectivity index (χ2n) is 7.44. The quantitative estimate of drug-likeness (QED) is 0.797. The van der Waals surface area contributed by atoms with Crippen molar-refractivity contribution >= 4 is 15.9 Å². The van der Waals surface area contributed by atoms with Crippen LogP contribution in [0.4, 0.5) is 0 Å². The molecule has 2 rings (SSSR count). The first-order valence-electron chi connectivity index (χ1n) is 9.01. The van der Waals surface area contributed by atoms with E-state index >= 15 is 0 Å². The predicted octanol–water partition coefficient (Wildman–Crippen LogP) is 1.70. The van der Waals surface area contributed by atoms with Crippen LogP contribution in [-0.2, 0) is 14.8 Å². The Labute approximate surface area is 157 Å². The molecule has 1 atom stereocenters. The molecule has 0 bridgehead atoms. The third-order valence-electron chi connectivity index (χ3n) is 5.51. The highest BCUT2D eigenvalue weighted by molar-refractivity contribution is 7.89. The van der Waals surface area contributed by atoms with Crippen LogP contribution in [0.5, 0.6) is 0 Å². The summed E-state index contributed by atoms with van der Waals surface area (Å²) in [6.07, 6.45) is 0. The molecular weight excluding hydrogens is 350 g/mol. The summed E-state index contributed by atoms with van der Waals surface area (Å²) in [6, 6.07) is 1.80. The molecule has 7 heteroatoms. The normalized spacial score (nSPS) is 18.0. The van der Waals surface area contributed by atoms with Crippen molar-refractivity contribution in [3.05, 3.63) is 28.3 Å². The number of hydrogen-bond donors (Lipinski definition) is 0. The summed E-state index contributed by atoms with van der Waals surface area (Å²) in [4.78, 5) is 16.2. The lowest BCUT2D eigenvalue weighted by Crippen LogP contribution is -2.54. The smallest absolute Gasteiger partial charge is 0.243 e. The van der Waals surface area contributed by atoms with Gasteiger partial charge in [0.2, 0.25) is 15.9 Å². The molecule has 0 saturated carbocycles. The molecular formula is C19H31N3O3S. The molecule has 0 aliphatic carbocycles. The molecule has 1 aliphatic rings. The maximum absolute atomic E-state index is 13.3. The van der Waals surface area contributed by atoms with E-state index in [-0.39, 0.29) is 11.9 Å². The molecule has 0 unspecified atom stereocenters. The Balaban J connectivity index is 2.23. The lowest BCUT2D eigenvalue weighted by atomic mass is 10.0. The summed E-state index contributed by atoms with van der Waals surface area (Å²) in [5, 5.41) is 0. The van der Waals surface area contributed by atoms with Crippen LogP contribution in [0.2, 0.25) is 0 Å². The van der Waals surface area contributed by atoms with Gasteiger partial charge in [-0.15, -0.1) is 0 Å². The average Bonchev–Trinajstić information content (AvgIpc) is 2.58. The Hall–Kier alpha value is -1.44. The molecule has 1 amide bonds. The van der Waals surface area contributed by atoms with Crippen LogP contribution in [0.25, 0.3) is 0 Å². The van der Waals surface area contributed by atoms with Gasteiger partial charge in [0.05, 0.1) is 10.9 Å². The molecule has 0 aromatic heterocycles. The van der Waals surface area contributed by atoms with E-state index in [1.54, 1.807) is 23.3 Å². The van der Waals surface area contributed by atoms with Crippen molar-refractivity contribution in [3.8, 4) is 0 Å². The number of carbonyl (C=O) groups is 1. The van der Waals surface area contributed by atoms with Crippen molar-refractivity contribution in [2.24, 2.45) is 0 Å². The topological polar surface area (TPSA) is 60.9 Å². The van der Waals surface area contributed by atoms with Gasteiger partial charge in [0.1, 0.15) is 0 Å². The number of carbonyl (C=O) groups excluding carboxylic acids is 1. The van der Waals surface area contributed by atoms with Crippen LogP contribution in [0.1, 0.15) is 29.2 Å². The highest BCUT2D eigenvalue weighted by Crippen LogP contribution is 2.29. The number of piperazine rings is 1. The molecule has 0 N–H and O–H groups in total. The van der Waals surface area contributed by atoms with Crippen molar-refractivity contribution in [2.45, 2.75) is 45.6 Å². The van der Waals surface area contributed by atoms with Crippen LogP contribution in [0, 0.1) is 27.7 Å². The summed E-state index contributed by atoms with van der Waals surface area (Å²) in [5.74, 6) is 0.0438. The first-order chi connectivity index (χ1) is 12.0.